The number of hydrogen-bond donors (Lipinski definition) is 2. The van der Waals surface area contributed by atoms with E-state index in [1.807, 2.05) is 6.07 Å². The molecular formula is C19H19N3O2S2. The quantitative estimate of drug-likeness (QED) is 0.785. The largest absolute Gasteiger partial charge is 0.372 e. The molecule has 2 heterocycles. The van der Waals surface area contributed by atoms with Gasteiger partial charge >= 0.3 is 0 Å². The first-order chi connectivity index (χ1) is 12.5. The molecule has 1 aliphatic rings. The summed E-state index contributed by atoms with van der Waals surface area (Å²) in [5.74, 6) is 0.100. The van der Waals surface area contributed by atoms with Gasteiger partial charge in [0.25, 0.3) is 5.91 Å². The van der Waals surface area contributed by atoms with E-state index in [-0.39, 0.29) is 17.1 Å². The van der Waals surface area contributed by atoms with Crippen LogP contribution in [-0.2, 0) is 17.8 Å². The van der Waals surface area contributed by atoms with Crippen molar-refractivity contribution >= 4 is 39.6 Å². The number of carbonyl (C=O) groups is 1. The molecule has 1 atom stereocenters. The Hall–Kier alpha value is -2.27. The molecule has 1 aliphatic heterocycles. The molecule has 0 saturated carbocycles. The van der Waals surface area contributed by atoms with Gasteiger partial charge in [0.2, 0.25) is 0 Å². The van der Waals surface area contributed by atoms with Crippen LogP contribution in [-0.4, -0.2) is 17.1 Å². The summed E-state index contributed by atoms with van der Waals surface area (Å²) < 4.78 is 5.88. The molecule has 0 saturated heterocycles. The van der Waals surface area contributed by atoms with Gasteiger partial charge in [0.1, 0.15) is 11.1 Å². The molecule has 0 unspecified atom stereocenters. The van der Waals surface area contributed by atoms with E-state index < -0.39 is 0 Å². The van der Waals surface area contributed by atoms with Gasteiger partial charge in [0.05, 0.1) is 18.3 Å². The van der Waals surface area contributed by atoms with Gasteiger partial charge in [-0.15, -0.1) is 11.3 Å². The van der Waals surface area contributed by atoms with Crippen molar-refractivity contribution in [2.75, 3.05) is 5.32 Å². The number of nitriles is 1. The fourth-order valence-electron chi connectivity index (χ4n) is 2.82. The predicted octanol–water partition coefficient (Wildman–Crippen LogP) is 3.84. The minimum atomic E-state index is -0.286. The predicted molar refractivity (Wildman–Crippen MR) is 106 cm³/mol. The third-order valence-electron chi connectivity index (χ3n) is 4.27. The van der Waals surface area contributed by atoms with Crippen molar-refractivity contribution in [3.8, 4) is 6.07 Å². The second-order valence-electron chi connectivity index (χ2n) is 6.39. The summed E-state index contributed by atoms with van der Waals surface area (Å²) in [6.07, 6.45) is 0.832. The van der Waals surface area contributed by atoms with E-state index in [4.69, 9.17) is 17.0 Å². The Bertz CT molecular complexity index is 869. The molecule has 0 fully saturated rings. The number of anilines is 1. The van der Waals surface area contributed by atoms with Crippen LogP contribution in [0.5, 0.6) is 0 Å². The van der Waals surface area contributed by atoms with E-state index in [2.05, 4.69) is 30.6 Å². The van der Waals surface area contributed by atoms with Crippen molar-refractivity contribution in [1.82, 2.24) is 5.32 Å². The van der Waals surface area contributed by atoms with Crippen LogP contribution in [0.2, 0.25) is 0 Å². The second-order valence-corrected chi connectivity index (χ2v) is 7.91. The maximum atomic E-state index is 12.2. The molecule has 1 amide bonds. The van der Waals surface area contributed by atoms with Crippen LogP contribution < -0.4 is 10.6 Å². The topological polar surface area (TPSA) is 74.1 Å². The van der Waals surface area contributed by atoms with Crippen LogP contribution >= 0.6 is 23.6 Å². The average Bonchev–Trinajstić information content (AvgIpc) is 2.98. The van der Waals surface area contributed by atoms with E-state index >= 15 is 0 Å². The Kier molecular flexibility index (Phi) is 5.67. The van der Waals surface area contributed by atoms with E-state index in [1.54, 1.807) is 24.3 Å². The second kappa shape index (κ2) is 7.96. The zero-order valence-electron chi connectivity index (χ0n) is 14.5. The SMILES string of the molecule is CC(C)[C@@H]1Cc2c(sc(NC(=S)NC(=O)c3ccccc3)c2C#N)CO1. The van der Waals surface area contributed by atoms with Crippen molar-refractivity contribution in [3.63, 3.8) is 0 Å². The summed E-state index contributed by atoms with van der Waals surface area (Å²) in [6.45, 7) is 4.73. The molecule has 0 radical (unpaired) electrons. The maximum absolute atomic E-state index is 12.2. The molecule has 134 valence electrons. The average molecular weight is 386 g/mol. The molecule has 26 heavy (non-hydrogen) atoms. The van der Waals surface area contributed by atoms with E-state index in [9.17, 15) is 10.1 Å². The van der Waals surface area contributed by atoms with Crippen molar-refractivity contribution in [2.24, 2.45) is 5.92 Å². The molecule has 3 rings (SSSR count). The molecular weight excluding hydrogens is 366 g/mol. The highest BCUT2D eigenvalue weighted by atomic mass is 32.1. The van der Waals surface area contributed by atoms with Crippen LogP contribution in [0.4, 0.5) is 5.00 Å². The van der Waals surface area contributed by atoms with Gasteiger partial charge in [0, 0.05) is 16.9 Å². The Labute approximate surface area is 162 Å². The molecule has 2 N–H and O–H groups in total. The van der Waals surface area contributed by atoms with Gasteiger partial charge in [-0.05, 0) is 35.8 Å². The maximum Gasteiger partial charge on any atom is 0.257 e. The monoisotopic (exact) mass is 385 g/mol. The summed E-state index contributed by atoms with van der Waals surface area (Å²) in [5, 5.41) is 16.1. The molecule has 0 spiro atoms. The van der Waals surface area contributed by atoms with Crippen molar-refractivity contribution in [3.05, 3.63) is 51.9 Å². The van der Waals surface area contributed by atoms with Gasteiger partial charge in [0.15, 0.2) is 5.11 Å². The molecule has 2 aromatic rings. The molecule has 1 aromatic heterocycles. The van der Waals surface area contributed by atoms with Crippen molar-refractivity contribution < 1.29 is 9.53 Å². The third kappa shape index (κ3) is 3.93. The number of benzene rings is 1. The van der Waals surface area contributed by atoms with Gasteiger partial charge in [-0.3, -0.25) is 10.1 Å². The number of thiocarbonyl (C=S) groups is 1. The normalized spacial score (nSPS) is 15.8. The van der Waals surface area contributed by atoms with Crippen LogP contribution in [0, 0.1) is 17.2 Å². The van der Waals surface area contributed by atoms with Crippen LogP contribution in [0.1, 0.15) is 40.2 Å². The summed E-state index contributed by atoms with van der Waals surface area (Å²) in [4.78, 5) is 13.2. The minimum absolute atomic E-state index is 0.113. The van der Waals surface area contributed by atoms with Crippen LogP contribution in [0.15, 0.2) is 30.3 Å². The lowest BCUT2D eigenvalue weighted by atomic mass is 9.95. The Morgan fingerprint density at radius 3 is 2.77 bits per heavy atom. The lowest BCUT2D eigenvalue weighted by molar-refractivity contribution is 0.00161. The van der Waals surface area contributed by atoms with E-state index in [0.29, 0.717) is 28.7 Å². The number of carbonyl (C=O) groups excluding carboxylic acids is 1. The van der Waals surface area contributed by atoms with Crippen molar-refractivity contribution in [2.45, 2.75) is 33.0 Å². The fourth-order valence-corrected chi connectivity index (χ4v) is 4.19. The zero-order valence-corrected chi connectivity index (χ0v) is 16.2. The molecule has 7 heteroatoms. The number of ether oxygens (including phenoxy) is 1. The number of nitrogens with one attached hydrogen (secondary N) is 2. The summed E-state index contributed by atoms with van der Waals surface area (Å²) in [5.41, 5.74) is 2.15. The Morgan fingerprint density at radius 2 is 2.12 bits per heavy atom. The molecule has 0 bridgehead atoms. The lowest BCUT2D eigenvalue weighted by Gasteiger charge is -2.26. The molecule has 0 aliphatic carbocycles. The number of hydrogen-bond acceptors (Lipinski definition) is 5. The number of fused-ring (bicyclic) bond motifs is 1. The number of amides is 1. The summed E-state index contributed by atoms with van der Waals surface area (Å²) in [6, 6.07) is 11.1. The van der Waals surface area contributed by atoms with Crippen LogP contribution in [0.25, 0.3) is 0 Å². The van der Waals surface area contributed by atoms with E-state index in [1.165, 1.54) is 11.3 Å². The van der Waals surface area contributed by atoms with Crippen LogP contribution in [0.3, 0.4) is 0 Å². The smallest absolute Gasteiger partial charge is 0.257 e. The highest BCUT2D eigenvalue weighted by Crippen LogP contribution is 2.38. The first-order valence-corrected chi connectivity index (χ1v) is 9.55. The highest BCUT2D eigenvalue weighted by molar-refractivity contribution is 7.80. The zero-order chi connectivity index (χ0) is 18.7. The first kappa shape index (κ1) is 18.5. The summed E-state index contributed by atoms with van der Waals surface area (Å²) >= 11 is 6.70. The van der Waals surface area contributed by atoms with Gasteiger partial charge in [-0.2, -0.15) is 5.26 Å². The third-order valence-corrected chi connectivity index (χ3v) is 5.60. The van der Waals surface area contributed by atoms with Crippen molar-refractivity contribution in [1.29, 1.82) is 5.26 Å². The highest BCUT2D eigenvalue weighted by Gasteiger charge is 2.28. The molecule has 1 aromatic carbocycles. The molecule has 5 nitrogen and oxygen atoms in total. The first-order valence-electron chi connectivity index (χ1n) is 8.33. The van der Waals surface area contributed by atoms with Gasteiger partial charge < -0.3 is 10.1 Å². The van der Waals surface area contributed by atoms with Gasteiger partial charge in [-0.1, -0.05) is 32.0 Å². The Morgan fingerprint density at radius 1 is 1.38 bits per heavy atom. The standard InChI is InChI=1S/C19H19N3O2S2/c1-11(2)15-8-13-14(9-20)18(26-16(13)10-24-15)22-19(25)21-17(23)12-6-4-3-5-7-12/h3-7,11,15H,8,10H2,1-2H3,(H2,21,22,23,25)/t15-/m0/s1. The fraction of sp³-hybridized carbons (Fsp3) is 0.316. The van der Waals surface area contributed by atoms with E-state index in [0.717, 1.165) is 16.9 Å². The number of rotatable bonds is 3. The minimum Gasteiger partial charge on any atom is -0.372 e. The summed E-state index contributed by atoms with van der Waals surface area (Å²) in [7, 11) is 0. The van der Waals surface area contributed by atoms with Gasteiger partial charge in [-0.25, -0.2) is 0 Å². The number of thiophene rings is 1. The Balaban J connectivity index is 1.73. The lowest BCUT2D eigenvalue weighted by Crippen LogP contribution is -2.34. The number of nitrogens with zero attached hydrogens (tertiary/aromatic N) is 1.